The van der Waals surface area contributed by atoms with Crippen LogP contribution in [0.3, 0.4) is 0 Å². The third-order valence-electron chi connectivity index (χ3n) is 4.44. The highest BCUT2D eigenvalue weighted by atomic mass is 16.5. The molecule has 0 radical (unpaired) electrons. The Morgan fingerprint density at radius 2 is 2.00 bits per heavy atom. The summed E-state index contributed by atoms with van der Waals surface area (Å²) >= 11 is 0. The van der Waals surface area contributed by atoms with Crippen molar-refractivity contribution in [1.82, 2.24) is 20.3 Å². The van der Waals surface area contributed by atoms with Gasteiger partial charge in [-0.25, -0.2) is 4.98 Å². The molecule has 26 heavy (non-hydrogen) atoms. The van der Waals surface area contributed by atoms with Crippen LogP contribution in [-0.2, 0) is 11.2 Å². The molecule has 3 aromatic heterocycles. The number of methoxy groups -OCH3 is 1. The lowest BCUT2D eigenvalue weighted by molar-refractivity contribution is 0.193. The first-order valence-electron chi connectivity index (χ1n) is 8.83. The van der Waals surface area contributed by atoms with Gasteiger partial charge in [0, 0.05) is 44.4 Å². The van der Waals surface area contributed by atoms with E-state index in [9.17, 15) is 0 Å². The van der Waals surface area contributed by atoms with Crippen LogP contribution in [0.1, 0.15) is 25.0 Å². The average Bonchev–Trinajstić information content (AvgIpc) is 3.37. The first kappa shape index (κ1) is 16.7. The van der Waals surface area contributed by atoms with Crippen LogP contribution in [0.5, 0.6) is 0 Å². The number of ether oxygens (including phenoxy) is 1. The molecule has 1 aliphatic rings. The second-order valence-electron chi connectivity index (χ2n) is 6.30. The zero-order chi connectivity index (χ0) is 17.8. The molecule has 0 spiro atoms. The van der Waals surface area contributed by atoms with Gasteiger partial charge in [0.2, 0.25) is 5.82 Å². The van der Waals surface area contributed by atoms with Gasteiger partial charge in [-0.3, -0.25) is 0 Å². The van der Waals surface area contributed by atoms with Gasteiger partial charge in [-0.2, -0.15) is 4.98 Å². The van der Waals surface area contributed by atoms with Gasteiger partial charge >= 0.3 is 0 Å². The molecule has 0 amide bonds. The molecule has 0 aliphatic carbocycles. The van der Waals surface area contributed by atoms with E-state index in [0.717, 1.165) is 24.5 Å². The van der Waals surface area contributed by atoms with Crippen molar-refractivity contribution < 1.29 is 13.8 Å². The molecule has 0 atom stereocenters. The van der Waals surface area contributed by atoms with E-state index >= 15 is 0 Å². The van der Waals surface area contributed by atoms with Gasteiger partial charge in [0.15, 0.2) is 5.69 Å². The Bertz CT molecular complexity index is 837. The van der Waals surface area contributed by atoms with E-state index in [2.05, 4.69) is 25.2 Å². The summed E-state index contributed by atoms with van der Waals surface area (Å²) in [6.07, 6.45) is 6.18. The number of rotatable bonds is 6. The van der Waals surface area contributed by atoms with Gasteiger partial charge in [0.25, 0.3) is 5.89 Å². The van der Waals surface area contributed by atoms with Gasteiger partial charge in [-0.15, -0.1) is 0 Å². The molecule has 3 aromatic rings. The minimum atomic E-state index is 0.326. The fourth-order valence-electron chi connectivity index (χ4n) is 3.01. The van der Waals surface area contributed by atoms with Crippen molar-refractivity contribution >= 4 is 5.82 Å². The van der Waals surface area contributed by atoms with Crippen molar-refractivity contribution in [1.29, 1.82) is 0 Å². The van der Waals surface area contributed by atoms with Gasteiger partial charge in [0.05, 0.1) is 6.61 Å². The second-order valence-corrected chi connectivity index (χ2v) is 6.30. The summed E-state index contributed by atoms with van der Waals surface area (Å²) in [5.74, 6) is 2.53. The zero-order valence-electron chi connectivity index (χ0n) is 14.7. The predicted octanol–water partition coefficient (Wildman–Crippen LogP) is 2.97. The van der Waals surface area contributed by atoms with E-state index in [0.29, 0.717) is 36.2 Å². The predicted molar refractivity (Wildman–Crippen MR) is 94.7 cm³/mol. The van der Waals surface area contributed by atoms with Gasteiger partial charge in [-0.1, -0.05) is 10.3 Å². The van der Waals surface area contributed by atoms with E-state index in [1.54, 1.807) is 19.4 Å². The molecular weight excluding hydrogens is 334 g/mol. The number of pyridine rings is 1. The smallest absolute Gasteiger partial charge is 0.280 e. The third kappa shape index (κ3) is 3.60. The summed E-state index contributed by atoms with van der Waals surface area (Å²) < 4.78 is 15.6. The number of nitrogens with zero attached hydrogens (tertiary/aromatic N) is 5. The van der Waals surface area contributed by atoms with E-state index in [4.69, 9.17) is 13.8 Å². The standard InChI is InChI=1S/C18H21N5O3/c1-24-10-7-14-11-15(21-25-14)18-20-17(22-26-18)13-5-6-16(19-12-13)23-8-3-2-4-9-23/h5-6,11-12H,2-4,7-10H2,1H3. The molecule has 0 bridgehead atoms. The molecular formula is C18H21N5O3. The number of piperidine rings is 1. The second kappa shape index (κ2) is 7.65. The van der Waals surface area contributed by atoms with Crippen molar-refractivity contribution in [3.8, 4) is 23.0 Å². The molecule has 1 aliphatic heterocycles. The fraction of sp³-hybridized carbons (Fsp3) is 0.444. The normalized spacial score (nSPS) is 14.7. The maximum absolute atomic E-state index is 5.32. The van der Waals surface area contributed by atoms with Crippen molar-refractivity contribution in [2.24, 2.45) is 0 Å². The molecule has 4 rings (SSSR count). The van der Waals surface area contributed by atoms with Crippen LogP contribution in [0, 0.1) is 0 Å². The molecule has 8 heteroatoms. The molecule has 0 unspecified atom stereocenters. The first-order valence-corrected chi connectivity index (χ1v) is 8.83. The van der Waals surface area contributed by atoms with Gasteiger partial charge in [-0.05, 0) is 31.4 Å². The van der Waals surface area contributed by atoms with Crippen LogP contribution in [0.15, 0.2) is 33.4 Å². The SMILES string of the molecule is COCCc1cc(-c2nc(-c3ccc(N4CCCCC4)nc3)no2)no1. The third-order valence-corrected chi connectivity index (χ3v) is 4.44. The minimum Gasteiger partial charge on any atom is -0.384 e. The Balaban J connectivity index is 1.48. The highest BCUT2D eigenvalue weighted by Crippen LogP contribution is 2.24. The number of hydrogen-bond acceptors (Lipinski definition) is 8. The van der Waals surface area contributed by atoms with Crippen molar-refractivity contribution in [2.45, 2.75) is 25.7 Å². The Kier molecular flexibility index (Phi) is 4.92. The van der Waals surface area contributed by atoms with Crippen molar-refractivity contribution in [2.75, 3.05) is 31.7 Å². The topological polar surface area (TPSA) is 90.3 Å². The molecule has 4 heterocycles. The average molecular weight is 355 g/mol. The van der Waals surface area contributed by atoms with Crippen LogP contribution in [0.25, 0.3) is 23.0 Å². The summed E-state index contributed by atoms with van der Waals surface area (Å²) in [7, 11) is 1.64. The highest BCUT2D eigenvalue weighted by molar-refractivity contribution is 5.58. The molecule has 1 fully saturated rings. The van der Waals surface area contributed by atoms with Crippen molar-refractivity contribution in [3.63, 3.8) is 0 Å². The van der Waals surface area contributed by atoms with Gasteiger partial charge in [0.1, 0.15) is 11.6 Å². The summed E-state index contributed by atoms with van der Waals surface area (Å²) in [4.78, 5) is 11.3. The minimum absolute atomic E-state index is 0.326. The molecule has 8 nitrogen and oxygen atoms in total. The lowest BCUT2D eigenvalue weighted by Gasteiger charge is -2.27. The summed E-state index contributed by atoms with van der Waals surface area (Å²) in [6.45, 7) is 2.70. The summed E-state index contributed by atoms with van der Waals surface area (Å²) in [5, 5.41) is 8.00. The van der Waals surface area contributed by atoms with E-state index < -0.39 is 0 Å². The van der Waals surface area contributed by atoms with Crippen molar-refractivity contribution in [3.05, 3.63) is 30.2 Å². The first-order chi connectivity index (χ1) is 12.8. The fourth-order valence-corrected chi connectivity index (χ4v) is 3.01. The van der Waals surface area contributed by atoms with Crippen LogP contribution in [0.4, 0.5) is 5.82 Å². The Hall–Kier alpha value is -2.74. The van der Waals surface area contributed by atoms with Crippen LogP contribution >= 0.6 is 0 Å². The molecule has 0 saturated carbocycles. The largest absolute Gasteiger partial charge is 0.384 e. The Labute approximate surface area is 151 Å². The van der Waals surface area contributed by atoms with Gasteiger partial charge < -0.3 is 18.7 Å². The van der Waals surface area contributed by atoms with Crippen LogP contribution in [0.2, 0.25) is 0 Å². The van der Waals surface area contributed by atoms with E-state index in [1.165, 1.54) is 19.3 Å². The molecule has 0 N–H and O–H groups in total. The van der Waals surface area contributed by atoms with E-state index in [-0.39, 0.29) is 0 Å². The number of anilines is 1. The number of aromatic nitrogens is 4. The maximum atomic E-state index is 5.32. The Morgan fingerprint density at radius 1 is 1.12 bits per heavy atom. The zero-order valence-corrected chi connectivity index (χ0v) is 14.7. The molecule has 1 saturated heterocycles. The number of hydrogen-bond donors (Lipinski definition) is 0. The summed E-state index contributed by atoms with van der Waals surface area (Å²) in [6, 6.07) is 5.77. The lowest BCUT2D eigenvalue weighted by atomic mass is 10.1. The van der Waals surface area contributed by atoms with Crippen LogP contribution < -0.4 is 4.90 Å². The highest BCUT2D eigenvalue weighted by Gasteiger charge is 2.16. The van der Waals surface area contributed by atoms with Crippen LogP contribution in [-0.4, -0.2) is 47.1 Å². The Morgan fingerprint density at radius 3 is 2.77 bits per heavy atom. The lowest BCUT2D eigenvalue weighted by Crippen LogP contribution is -2.29. The maximum Gasteiger partial charge on any atom is 0.280 e. The quantitative estimate of drug-likeness (QED) is 0.666. The monoisotopic (exact) mass is 355 g/mol. The van der Waals surface area contributed by atoms with E-state index in [1.807, 2.05) is 12.1 Å². The molecule has 136 valence electrons. The summed E-state index contributed by atoms with van der Waals surface area (Å²) in [5.41, 5.74) is 1.33. The molecule has 0 aromatic carbocycles.